The number of hydrogen-bond donors (Lipinski definition) is 1. The van der Waals surface area contributed by atoms with Gasteiger partial charge in [-0.05, 0) is 38.0 Å². The van der Waals surface area contributed by atoms with Crippen molar-refractivity contribution in [2.45, 2.75) is 31.3 Å². The molecule has 1 atom stereocenters. The number of benzene rings is 1. The van der Waals surface area contributed by atoms with Crippen molar-refractivity contribution in [2.75, 3.05) is 7.11 Å². The molecule has 82 valence electrons. The largest absolute Gasteiger partial charge is 0.496 e. The molecule has 1 fully saturated rings. The van der Waals surface area contributed by atoms with Crippen molar-refractivity contribution >= 4 is 11.6 Å². The summed E-state index contributed by atoms with van der Waals surface area (Å²) in [6.07, 6.45) is 1.65. The Balaban J connectivity index is 2.46. The van der Waals surface area contributed by atoms with Gasteiger partial charge in [0.1, 0.15) is 5.75 Å². The van der Waals surface area contributed by atoms with Crippen LogP contribution < -0.4 is 4.74 Å². The second-order valence-corrected chi connectivity index (χ2v) is 4.61. The number of rotatable bonds is 3. The van der Waals surface area contributed by atoms with Crippen molar-refractivity contribution in [3.05, 3.63) is 28.8 Å². The first-order chi connectivity index (χ1) is 7.10. The van der Waals surface area contributed by atoms with E-state index in [0.29, 0.717) is 5.02 Å². The molecule has 2 rings (SSSR count). The molecule has 1 aromatic carbocycles. The van der Waals surface area contributed by atoms with Crippen molar-refractivity contribution in [3.8, 4) is 5.75 Å². The molecule has 3 heteroatoms. The van der Waals surface area contributed by atoms with Gasteiger partial charge in [0.15, 0.2) is 0 Å². The first-order valence-electron chi connectivity index (χ1n) is 5.12. The van der Waals surface area contributed by atoms with Crippen LogP contribution in [0, 0.1) is 0 Å². The highest BCUT2D eigenvalue weighted by Gasteiger charge is 2.50. The normalized spacial score (nSPS) is 19.7. The molecule has 1 N–H and O–H groups in total. The zero-order chi connectivity index (χ0) is 11.1. The number of halogens is 1. The SMILES string of the molecule is COc1ccc(Cl)cc1C1(C(C)O)CC1. The molecule has 1 aliphatic carbocycles. The lowest BCUT2D eigenvalue weighted by Gasteiger charge is -2.21. The average molecular weight is 227 g/mol. The molecular formula is C12H15ClO2. The van der Waals surface area contributed by atoms with Crippen LogP contribution in [0.4, 0.5) is 0 Å². The van der Waals surface area contributed by atoms with Crippen LogP contribution >= 0.6 is 11.6 Å². The Morgan fingerprint density at radius 1 is 1.47 bits per heavy atom. The maximum absolute atomic E-state index is 9.81. The topological polar surface area (TPSA) is 29.5 Å². The molecule has 15 heavy (non-hydrogen) atoms. The highest BCUT2D eigenvalue weighted by molar-refractivity contribution is 6.30. The Morgan fingerprint density at radius 2 is 2.13 bits per heavy atom. The van der Waals surface area contributed by atoms with Crippen molar-refractivity contribution in [1.82, 2.24) is 0 Å². The van der Waals surface area contributed by atoms with Crippen molar-refractivity contribution < 1.29 is 9.84 Å². The van der Waals surface area contributed by atoms with Gasteiger partial charge in [-0.2, -0.15) is 0 Å². The number of aliphatic hydroxyl groups excluding tert-OH is 1. The Hall–Kier alpha value is -0.730. The van der Waals surface area contributed by atoms with Crippen LogP contribution in [-0.2, 0) is 5.41 Å². The van der Waals surface area contributed by atoms with Gasteiger partial charge >= 0.3 is 0 Å². The van der Waals surface area contributed by atoms with E-state index < -0.39 is 0 Å². The third-order valence-corrected chi connectivity index (χ3v) is 3.52. The van der Waals surface area contributed by atoms with Crippen LogP contribution in [0.5, 0.6) is 5.75 Å². The molecule has 0 heterocycles. The summed E-state index contributed by atoms with van der Waals surface area (Å²) in [5.74, 6) is 0.817. The van der Waals surface area contributed by atoms with Gasteiger partial charge in [0.25, 0.3) is 0 Å². The van der Waals surface area contributed by atoms with E-state index in [-0.39, 0.29) is 11.5 Å². The summed E-state index contributed by atoms with van der Waals surface area (Å²) in [6.45, 7) is 1.83. The summed E-state index contributed by atoms with van der Waals surface area (Å²) in [5, 5.41) is 10.5. The van der Waals surface area contributed by atoms with Gasteiger partial charge < -0.3 is 9.84 Å². The molecule has 1 saturated carbocycles. The van der Waals surface area contributed by atoms with E-state index in [1.54, 1.807) is 7.11 Å². The van der Waals surface area contributed by atoms with Gasteiger partial charge in [-0.3, -0.25) is 0 Å². The molecule has 0 spiro atoms. The fourth-order valence-corrected chi connectivity index (χ4v) is 2.29. The Morgan fingerprint density at radius 3 is 2.60 bits per heavy atom. The first kappa shape index (κ1) is 10.8. The van der Waals surface area contributed by atoms with E-state index in [1.165, 1.54) is 0 Å². The maximum Gasteiger partial charge on any atom is 0.122 e. The predicted molar refractivity (Wildman–Crippen MR) is 60.6 cm³/mol. The fourth-order valence-electron chi connectivity index (χ4n) is 2.12. The van der Waals surface area contributed by atoms with E-state index in [4.69, 9.17) is 16.3 Å². The van der Waals surface area contributed by atoms with Gasteiger partial charge in [0.2, 0.25) is 0 Å². The summed E-state index contributed by atoms with van der Waals surface area (Å²) in [6, 6.07) is 5.57. The smallest absolute Gasteiger partial charge is 0.122 e. The van der Waals surface area contributed by atoms with Crippen LogP contribution in [-0.4, -0.2) is 18.3 Å². The highest BCUT2D eigenvalue weighted by atomic mass is 35.5. The average Bonchev–Trinajstić information content (AvgIpc) is 2.98. The molecular weight excluding hydrogens is 212 g/mol. The van der Waals surface area contributed by atoms with Gasteiger partial charge in [0.05, 0.1) is 13.2 Å². The van der Waals surface area contributed by atoms with Crippen molar-refractivity contribution in [2.24, 2.45) is 0 Å². The van der Waals surface area contributed by atoms with Crippen molar-refractivity contribution in [3.63, 3.8) is 0 Å². The minimum atomic E-state index is -0.357. The number of ether oxygens (including phenoxy) is 1. The molecule has 0 radical (unpaired) electrons. The number of methoxy groups -OCH3 is 1. The van der Waals surface area contributed by atoms with Crippen LogP contribution in [0.15, 0.2) is 18.2 Å². The lowest BCUT2D eigenvalue weighted by molar-refractivity contribution is 0.149. The second-order valence-electron chi connectivity index (χ2n) is 4.18. The summed E-state index contributed by atoms with van der Waals surface area (Å²) < 4.78 is 5.31. The van der Waals surface area contributed by atoms with E-state index >= 15 is 0 Å². The number of hydrogen-bond acceptors (Lipinski definition) is 2. The molecule has 2 nitrogen and oxygen atoms in total. The fraction of sp³-hybridized carbons (Fsp3) is 0.500. The third kappa shape index (κ3) is 1.72. The van der Waals surface area contributed by atoms with E-state index in [9.17, 15) is 5.11 Å². The summed E-state index contributed by atoms with van der Waals surface area (Å²) in [5.41, 5.74) is 0.906. The minimum absolute atomic E-state index is 0.129. The molecule has 1 aliphatic rings. The lowest BCUT2D eigenvalue weighted by Crippen LogP contribution is -2.23. The molecule has 1 unspecified atom stereocenters. The Labute approximate surface area is 94.8 Å². The molecule has 0 saturated heterocycles. The lowest BCUT2D eigenvalue weighted by atomic mass is 9.90. The van der Waals surface area contributed by atoms with Crippen LogP contribution in [0.1, 0.15) is 25.3 Å². The van der Waals surface area contributed by atoms with Gasteiger partial charge in [-0.25, -0.2) is 0 Å². The molecule has 0 aromatic heterocycles. The Kier molecular flexibility index (Phi) is 2.65. The van der Waals surface area contributed by atoms with Crippen LogP contribution in [0.3, 0.4) is 0 Å². The van der Waals surface area contributed by atoms with Crippen LogP contribution in [0.25, 0.3) is 0 Å². The van der Waals surface area contributed by atoms with Gasteiger partial charge in [0, 0.05) is 16.0 Å². The summed E-state index contributed by atoms with van der Waals surface area (Å²) >= 11 is 5.98. The Bertz CT molecular complexity index is 370. The third-order valence-electron chi connectivity index (χ3n) is 3.29. The predicted octanol–water partition coefficient (Wildman–Crippen LogP) is 2.76. The second kappa shape index (κ2) is 3.69. The van der Waals surface area contributed by atoms with Crippen LogP contribution in [0.2, 0.25) is 5.02 Å². The molecule has 0 amide bonds. The first-order valence-corrected chi connectivity index (χ1v) is 5.50. The maximum atomic E-state index is 9.81. The number of aliphatic hydroxyl groups is 1. The standard InChI is InChI=1S/C12H15ClO2/c1-8(14)12(5-6-12)10-7-9(13)3-4-11(10)15-2/h3-4,7-8,14H,5-6H2,1-2H3. The van der Waals surface area contributed by atoms with Crippen molar-refractivity contribution in [1.29, 1.82) is 0 Å². The zero-order valence-corrected chi connectivity index (χ0v) is 9.71. The minimum Gasteiger partial charge on any atom is -0.496 e. The monoisotopic (exact) mass is 226 g/mol. The zero-order valence-electron chi connectivity index (χ0n) is 8.96. The van der Waals surface area contributed by atoms with E-state index in [2.05, 4.69) is 0 Å². The van der Waals surface area contributed by atoms with E-state index in [0.717, 1.165) is 24.2 Å². The van der Waals surface area contributed by atoms with Gasteiger partial charge in [-0.15, -0.1) is 0 Å². The summed E-state index contributed by atoms with van der Waals surface area (Å²) in [4.78, 5) is 0. The van der Waals surface area contributed by atoms with Gasteiger partial charge in [-0.1, -0.05) is 11.6 Å². The quantitative estimate of drug-likeness (QED) is 0.859. The van der Waals surface area contributed by atoms with E-state index in [1.807, 2.05) is 25.1 Å². The molecule has 0 bridgehead atoms. The highest BCUT2D eigenvalue weighted by Crippen LogP contribution is 2.54. The summed E-state index contributed by atoms with van der Waals surface area (Å²) in [7, 11) is 1.64. The molecule has 1 aromatic rings. The molecule has 0 aliphatic heterocycles.